The van der Waals surface area contributed by atoms with Gasteiger partial charge in [0.2, 0.25) is 5.75 Å². The van der Waals surface area contributed by atoms with Crippen LogP contribution >= 0.6 is 0 Å². The number of phenols is 1. The molecule has 2 aliphatic heterocycles. The minimum absolute atomic E-state index is 0.103. The number of benzene rings is 1. The molecule has 0 saturated heterocycles. The van der Waals surface area contributed by atoms with Gasteiger partial charge in [0, 0.05) is 5.56 Å². The molecule has 4 rings (SSSR count). The summed E-state index contributed by atoms with van der Waals surface area (Å²) < 4.78 is 9.36. The highest BCUT2D eigenvalue weighted by Crippen LogP contribution is 2.50. The van der Waals surface area contributed by atoms with Crippen LogP contribution < -0.4 is 14.8 Å². The lowest BCUT2D eigenvalue weighted by Crippen LogP contribution is -2.57. The monoisotopic (exact) mass is 339 g/mol. The molecule has 0 bridgehead atoms. The van der Waals surface area contributed by atoms with Crippen molar-refractivity contribution >= 4 is 11.5 Å². The summed E-state index contributed by atoms with van der Waals surface area (Å²) in [4.78, 5) is 12.3. The maximum absolute atomic E-state index is 12.3. The van der Waals surface area contributed by atoms with Gasteiger partial charge in [0.15, 0.2) is 11.5 Å². The van der Waals surface area contributed by atoms with E-state index in [1.165, 1.54) is 12.1 Å². The summed E-state index contributed by atoms with van der Waals surface area (Å²) in [6.45, 7) is 0. The summed E-state index contributed by atoms with van der Waals surface area (Å²) in [7, 11) is 0. The standard InChI is InChI=1S/C14H13NO9/c16-5-1-4-3-2-6-12(24-14(21,22)23-6)10(18)7(3)13(20)15-8(4)11(19)9(5)17/h1-2,5,8-9,11,16-19,21-22H,(H,15,20)/t5-,8+,9?,11?/m0/s1. The van der Waals surface area contributed by atoms with E-state index in [9.17, 15) is 35.4 Å². The van der Waals surface area contributed by atoms with Gasteiger partial charge >= 0.3 is 6.16 Å². The Hall–Kier alpha value is -2.37. The lowest BCUT2D eigenvalue weighted by atomic mass is 9.79. The van der Waals surface area contributed by atoms with Crippen molar-refractivity contribution < 1.29 is 44.9 Å². The molecule has 7 N–H and O–H groups in total. The van der Waals surface area contributed by atoms with Gasteiger partial charge in [0.1, 0.15) is 18.3 Å². The quantitative estimate of drug-likeness (QED) is 0.250. The van der Waals surface area contributed by atoms with Gasteiger partial charge in [-0.2, -0.15) is 0 Å². The zero-order valence-electron chi connectivity index (χ0n) is 11.9. The first-order valence-electron chi connectivity index (χ1n) is 6.99. The van der Waals surface area contributed by atoms with Gasteiger partial charge in [0.05, 0.1) is 11.6 Å². The van der Waals surface area contributed by atoms with Crippen molar-refractivity contribution in [3.05, 3.63) is 23.3 Å². The molecule has 24 heavy (non-hydrogen) atoms. The molecule has 0 saturated carbocycles. The number of nitrogens with one attached hydrogen (secondary N) is 1. The number of hydrogen-bond acceptors (Lipinski definition) is 9. The molecule has 0 radical (unpaired) electrons. The molecular weight excluding hydrogens is 326 g/mol. The molecule has 0 aromatic heterocycles. The van der Waals surface area contributed by atoms with Crippen LogP contribution in [0.2, 0.25) is 0 Å². The fraction of sp³-hybridized carbons (Fsp3) is 0.357. The molecule has 1 aromatic carbocycles. The summed E-state index contributed by atoms with van der Waals surface area (Å²) >= 11 is 0. The number of ether oxygens (including phenoxy) is 2. The van der Waals surface area contributed by atoms with E-state index in [1.807, 2.05) is 0 Å². The highest BCUT2D eigenvalue weighted by Gasteiger charge is 2.47. The van der Waals surface area contributed by atoms with Gasteiger partial charge in [-0.1, -0.05) is 0 Å². The summed E-state index contributed by atoms with van der Waals surface area (Å²) in [5, 5.41) is 61.0. The molecular formula is C14H13NO9. The summed E-state index contributed by atoms with van der Waals surface area (Å²) in [5.41, 5.74) is 0.101. The zero-order chi connectivity index (χ0) is 17.4. The predicted octanol–water partition coefficient (Wildman–Crippen LogP) is -2.65. The third-order valence-electron chi connectivity index (χ3n) is 4.25. The first-order chi connectivity index (χ1) is 11.2. The Morgan fingerprint density at radius 2 is 1.83 bits per heavy atom. The molecule has 128 valence electrons. The van der Waals surface area contributed by atoms with Gasteiger partial charge in [-0.15, -0.1) is 0 Å². The fourth-order valence-corrected chi connectivity index (χ4v) is 3.16. The molecule has 1 aliphatic carbocycles. The Kier molecular flexibility index (Phi) is 2.90. The number of rotatable bonds is 0. The zero-order valence-corrected chi connectivity index (χ0v) is 11.9. The number of carbonyl (C=O) groups excluding carboxylic acids is 1. The molecule has 4 atom stereocenters. The highest BCUT2D eigenvalue weighted by atomic mass is 17.0. The predicted molar refractivity (Wildman–Crippen MR) is 73.8 cm³/mol. The Bertz CT molecular complexity index is 787. The van der Waals surface area contributed by atoms with Gasteiger partial charge in [-0.3, -0.25) is 15.0 Å². The van der Waals surface area contributed by atoms with E-state index in [0.717, 1.165) is 0 Å². The topological polar surface area (TPSA) is 169 Å². The minimum Gasteiger partial charge on any atom is -0.504 e. The lowest BCUT2D eigenvalue weighted by Gasteiger charge is -2.39. The Balaban J connectivity index is 1.93. The maximum Gasteiger partial charge on any atom is 0.505 e. The Morgan fingerprint density at radius 3 is 2.54 bits per heavy atom. The highest BCUT2D eigenvalue weighted by molar-refractivity contribution is 6.07. The van der Waals surface area contributed by atoms with Gasteiger partial charge < -0.3 is 35.2 Å². The third-order valence-corrected chi connectivity index (χ3v) is 4.25. The number of fused-ring (bicyclic) bond motifs is 4. The molecule has 10 nitrogen and oxygen atoms in total. The average molecular weight is 339 g/mol. The summed E-state index contributed by atoms with van der Waals surface area (Å²) in [5.74, 6) is -2.11. The number of hydrogen-bond donors (Lipinski definition) is 7. The van der Waals surface area contributed by atoms with E-state index in [4.69, 9.17) is 4.74 Å². The molecule has 10 heteroatoms. The number of carbonyl (C=O) groups is 1. The van der Waals surface area contributed by atoms with Gasteiger partial charge in [-0.25, -0.2) is 0 Å². The van der Waals surface area contributed by atoms with Crippen molar-refractivity contribution in [2.75, 3.05) is 0 Å². The number of aliphatic hydroxyl groups excluding tert-OH is 3. The van der Waals surface area contributed by atoms with Crippen LogP contribution in [-0.4, -0.2) is 67.1 Å². The number of phenolic OH excluding ortho intramolecular Hbond substituents is 1. The molecule has 0 spiro atoms. The average Bonchev–Trinajstić information content (AvgIpc) is 2.81. The van der Waals surface area contributed by atoms with Crippen LogP contribution in [0.1, 0.15) is 15.9 Å². The van der Waals surface area contributed by atoms with Crippen LogP contribution in [0.15, 0.2) is 12.1 Å². The van der Waals surface area contributed by atoms with Crippen LogP contribution in [0.25, 0.3) is 5.57 Å². The Labute approximate surface area is 133 Å². The molecule has 1 aromatic rings. The van der Waals surface area contributed by atoms with Crippen molar-refractivity contribution in [1.29, 1.82) is 0 Å². The molecule has 2 unspecified atom stereocenters. The van der Waals surface area contributed by atoms with Crippen LogP contribution in [0.4, 0.5) is 0 Å². The molecule has 3 aliphatic rings. The normalized spacial score (nSPS) is 32.5. The van der Waals surface area contributed by atoms with Crippen LogP contribution in [-0.2, 0) is 0 Å². The van der Waals surface area contributed by atoms with Crippen molar-refractivity contribution in [2.24, 2.45) is 0 Å². The first kappa shape index (κ1) is 15.2. The van der Waals surface area contributed by atoms with Crippen molar-refractivity contribution in [2.45, 2.75) is 30.5 Å². The lowest BCUT2D eigenvalue weighted by molar-refractivity contribution is -0.385. The number of amides is 1. The second kappa shape index (κ2) is 4.59. The minimum atomic E-state index is -2.99. The molecule has 2 heterocycles. The van der Waals surface area contributed by atoms with E-state index in [-0.39, 0.29) is 22.4 Å². The van der Waals surface area contributed by atoms with E-state index >= 15 is 0 Å². The van der Waals surface area contributed by atoms with Gasteiger partial charge in [0.25, 0.3) is 5.91 Å². The van der Waals surface area contributed by atoms with Gasteiger partial charge in [-0.05, 0) is 17.7 Å². The summed E-state index contributed by atoms with van der Waals surface area (Å²) in [6, 6.07) is 0.198. The molecule has 0 fully saturated rings. The van der Waals surface area contributed by atoms with E-state index in [1.54, 1.807) is 0 Å². The van der Waals surface area contributed by atoms with E-state index in [2.05, 4.69) is 10.1 Å². The van der Waals surface area contributed by atoms with Crippen molar-refractivity contribution in [3.63, 3.8) is 0 Å². The smallest absolute Gasteiger partial charge is 0.504 e. The SMILES string of the molecule is O=C1N[C@@H]2C(=C[C@H](O)C(O)C2O)c2cc3c(c(O)c21)OC(O)(O)O3. The maximum atomic E-state index is 12.3. The second-order valence-corrected chi connectivity index (χ2v) is 5.77. The Morgan fingerprint density at radius 1 is 1.12 bits per heavy atom. The summed E-state index contributed by atoms with van der Waals surface area (Å²) in [6.07, 6.45) is -6.12. The molecule has 1 amide bonds. The largest absolute Gasteiger partial charge is 0.505 e. The fourth-order valence-electron chi connectivity index (χ4n) is 3.16. The van der Waals surface area contributed by atoms with Crippen molar-refractivity contribution in [1.82, 2.24) is 5.32 Å². The van der Waals surface area contributed by atoms with Crippen molar-refractivity contribution in [3.8, 4) is 17.2 Å². The second-order valence-electron chi connectivity index (χ2n) is 5.77. The third kappa shape index (κ3) is 1.92. The van der Waals surface area contributed by atoms with Crippen LogP contribution in [0, 0.1) is 0 Å². The number of aliphatic hydroxyl groups is 5. The van der Waals surface area contributed by atoms with E-state index in [0.29, 0.717) is 0 Å². The number of aromatic hydroxyl groups is 1. The van der Waals surface area contributed by atoms with Crippen LogP contribution in [0.3, 0.4) is 0 Å². The first-order valence-corrected chi connectivity index (χ1v) is 6.99. The van der Waals surface area contributed by atoms with E-state index < -0.39 is 47.9 Å². The van der Waals surface area contributed by atoms with Crippen LogP contribution in [0.5, 0.6) is 17.2 Å².